The van der Waals surface area contributed by atoms with Crippen LogP contribution in [0.2, 0.25) is 0 Å². The Labute approximate surface area is 124 Å². The highest BCUT2D eigenvalue weighted by Crippen LogP contribution is 2.10. The van der Waals surface area contributed by atoms with Gasteiger partial charge in [0, 0.05) is 18.8 Å². The zero-order chi connectivity index (χ0) is 15.7. The van der Waals surface area contributed by atoms with Gasteiger partial charge in [0.15, 0.2) is 0 Å². The van der Waals surface area contributed by atoms with Crippen molar-refractivity contribution in [3.8, 4) is 6.07 Å². The maximum atomic E-state index is 12.0. The van der Waals surface area contributed by atoms with Gasteiger partial charge in [0.1, 0.15) is 6.04 Å². The molecule has 2 atom stereocenters. The van der Waals surface area contributed by atoms with Gasteiger partial charge in [-0.3, -0.25) is 4.79 Å². The predicted octanol–water partition coefficient (Wildman–Crippen LogP) is 1.83. The summed E-state index contributed by atoms with van der Waals surface area (Å²) in [6, 6.07) is 10.9. The number of ether oxygens (including phenoxy) is 1. The third kappa shape index (κ3) is 5.65. The Kier molecular flexibility index (Phi) is 6.96. The molecule has 0 bridgehead atoms. The summed E-state index contributed by atoms with van der Waals surface area (Å²) in [5.41, 5.74) is 1.06. The third-order valence-electron chi connectivity index (χ3n) is 3.24. The third-order valence-corrected chi connectivity index (χ3v) is 3.24. The van der Waals surface area contributed by atoms with E-state index in [2.05, 4.69) is 10.1 Å². The predicted molar refractivity (Wildman–Crippen MR) is 78.1 cm³/mol. The number of nitriles is 1. The minimum absolute atomic E-state index is 0.179. The van der Waals surface area contributed by atoms with Crippen LogP contribution in [0.15, 0.2) is 30.3 Å². The van der Waals surface area contributed by atoms with E-state index in [0.717, 1.165) is 5.56 Å². The Morgan fingerprint density at radius 3 is 2.57 bits per heavy atom. The standard InChI is InChI=1S/C16H20N2O3/c1-12(10-11-17)15(16(20)21-2)18-14(19)9-8-13-6-4-3-5-7-13/h3-7,12,15H,8-10H2,1-2H3,(H,18,19)/t12-,15+/m0/s1. The summed E-state index contributed by atoms with van der Waals surface area (Å²) < 4.78 is 4.68. The quantitative estimate of drug-likeness (QED) is 0.776. The number of esters is 1. The first-order chi connectivity index (χ1) is 10.1. The van der Waals surface area contributed by atoms with Crippen LogP contribution >= 0.6 is 0 Å². The number of hydrogen-bond donors (Lipinski definition) is 1. The molecule has 0 unspecified atom stereocenters. The SMILES string of the molecule is COC(=O)[C@H](NC(=O)CCc1ccccc1)[C@@H](C)CC#N. The van der Waals surface area contributed by atoms with Crippen molar-refractivity contribution in [3.63, 3.8) is 0 Å². The van der Waals surface area contributed by atoms with Gasteiger partial charge in [0.2, 0.25) is 5.91 Å². The highest BCUT2D eigenvalue weighted by Gasteiger charge is 2.27. The molecule has 0 saturated carbocycles. The number of nitrogens with zero attached hydrogens (tertiary/aromatic N) is 1. The van der Waals surface area contributed by atoms with E-state index in [0.29, 0.717) is 6.42 Å². The summed E-state index contributed by atoms with van der Waals surface area (Å²) in [5, 5.41) is 11.4. The van der Waals surface area contributed by atoms with E-state index in [9.17, 15) is 9.59 Å². The zero-order valence-electron chi connectivity index (χ0n) is 12.3. The van der Waals surface area contributed by atoms with Crippen LogP contribution in [0.1, 0.15) is 25.3 Å². The second kappa shape index (κ2) is 8.75. The van der Waals surface area contributed by atoms with Crippen molar-refractivity contribution < 1.29 is 14.3 Å². The van der Waals surface area contributed by atoms with E-state index < -0.39 is 12.0 Å². The minimum Gasteiger partial charge on any atom is -0.467 e. The lowest BCUT2D eigenvalue weighted by Gasteiger charge is -2.21. The van der Waals surface area contributed by atoms with Crippen LogP contribution in [-0.2, 0) is 20.7 Å². The maximum absolute atomic E-state index is 12.0. The first-order valence-electron chi connectivity index (χ1n) is 6.86. The average molecular weight is 288 g/mol. The number of rotatable bonds is 7. The van der Waals surface area contributed by atoms with Crippen LogP contribution in [0.25, 0.3) is 0 Å². The highest BCUT2D eigenvalue weighted by atomic mass is 16.5. The normalized spacial score (nSPS) is 12.8. The lowest BCUT2D eigenvalue weighted by molar-refractivity contribution is -0.146. The highest BCUT2D eigenvalue weighted by molar-refractivity contribution is 5.84. The van der Waals surface area contributed by atoms with Crippen molar-refractivity contribution in [2.24, 2.45) is 5.92 Å². The smallest absolute Gasteiger partial charge is 0.328 e. The largest absolute Gasteiger partial charge is 0.467 e. The number of methoxy groups -OCH3 is 1. The van der Waals surface area contributed by atoms with E-state index >= 15 is 0 Å². The molecule has 1 N–H and O–H groups in total. The maximum Gasteiger partial charge on any atom is 0.328 e. The number of carbonyl (C=O) groups is 2. The van der Waals surface area contributed by atoms with Gasteiger partial charge in [0.25, 0.3) is 0 Å². The summed E-state index contributed by atoms with van der Waals surface area (Å²) in [6.45, 7) is 1.74. The molecule has 1 rings (SSSR count). The molecule has 112 valence electrons. The summed E-state index contributed by atoms with van der Waals surface area (Å²) >= 11 is 0. The van der Waals surface area contributed by atoms with Crippen LogP contribution in [0, 0.1) is 17.2 Å². The molecule has 0 aromatic heterocycles. The van der Waals surface area contributed by atoms with Gasteiger partial charge in [-0.25, -0.2) is 4.79 Å². The molecule has 1 aromatic carbocycles. The van der Waals surface area contributed by atoms with E-state index in [-0.39, 0.29) is 24.7 Å². The summed E-state index contributed by atoms with van der Waals surface area (Å²) in [6.07, 6.45) is 1.07. The molecule has 0 radical (unpaired) electrons. The monoisotopic (exact) mass is 288 g/mol. The second-order valence-electron chi connectivity index (χ2n) is 4.89. The lowest BCUT2D eigenvalue weighted by Crippen LogP contribution is -2.45. The Bertz CT molecular complexity index is 508. The molecule has 0 spiro atoms. The van der Waals surface area contributed by atoms with Crippen LogP contribution in [0.4, 0.5) is 0 Å². The van der Waals surface area contributed by atoms with Crippen molar-refractivity contribution in [3.05, 3.63) is 35.9 Å². The molecule has 1 aromatic rings. The second-order valence-corrected chi connectivity index (χ2v) is 4.89. The van der Waals surface area contributed by atoms with Crippen LogP contribution in [-0.4, -0.2) is 25.0 Å². The number of nitrogens with one attached hydrogen (secondary N) is 1. The van der Waals surface area contributed by atoms with Crippen molar-refractivity contribution in [1.82, 2.24) is 5.32 Å². The lowest BCUT2D eigenvalue weighted by atomic mass is 9.98. The van der Waals surface area contributed by atoms with Crippen molar-refractivity contribution in [1.29, 1.82) is 5.26 Å². The Balaban J connectivity index is 2.56. The Morgan fingerprint density at radius 1 is 1.33 bits per heavy atom. The first kappa shape index (κ1) is 16.7. The molecular formula is C16H20N2O3. The van der Waals surface area contributed by atoms with Gasteiger partial charge in [-0.1, -0.05) is 37.3 Å². The fourth-order valence-electron chi connectivity index (χ4n) is 1.97. The average Bonchev–Trinajstić information content (AvgIpc) is 2.51. The van der Waals surface area contributed by atoms with E-state index in [1.807, 2.05) is 36.4 Å². The molecule has 5 heteroatoms. The number of amides is 1. The topological polar surface area (TPSA) is 79.2 Å². The summed E-state index contributed by atoms with van der Waals surface area (Å²) in [5.74, 6) is -1.03. The summed E-state index contributed by atoms with van der Waals surface area (Å²) in [4.78, 5) is 23.6. The molecule has 1 amide bonds. The minimum atomic E-state index is -0.780. The fraction of sp³-hybridized carbons (Fsp3) is 0.438. The Hall–Kier alpha value is -2.35. The van der Waals surface area contributed by atoms with E-state index in [1.165, 1.54) is 7.11 Å². The fourth-order valence-corrected chi connectivity index (χ4v) is 1.97. The molecule has 21 heavy (non-hydrogen) atoms. The molecule has 0 aliphatic carbocycles. The van der Waals surface area contributed by atoms with Crippen molar-refractivity contribution in [2.75, 3.05) is 7.11 Å². The number of carbonyl (C=O) groups excluding carboxylic acids is 2. The number of aryl methyl sites for hydroxylation is 1. The van der Waals surface area contributed by atoms with E-state index in [1.54, 1.807) is 6.92 Å². The van der Waals surface area contributed by atoms with Crippen molar-refractivity contribution >= 4 is 11.9 Å². The molecule has 0 saturated heterocycles. The van der Waals surface area contributed by atoms with Crippen LogP contribution in [0.3, 0.4) is 0 Å². The zero-order valence-corrected chi connectivity index (χ0v) is 12.3. The van der Waals surface area contributed by atoms with Gasteiger partial charge in [-0.15, -0.1) is 0 Å². The van der Waals surface area contributed by atoms with Crippen molar-refractivity contribution in [2.45, 2.75) is 32.2 Å². The molecular weight excluding hydrogens is 268 g/mol. The molecule has 0 fully saturated rings. The van der Waals surface area contributed by atoms with Gasteiger partial charge >= 0.3 is 5.97 Å². The van der Waals surface area contributed by atoms with Gasteiger partial charge in [-0.2, -0.15) is 5.26 Å². The number of benzene rings is 1. The van der Waals surface area contributed by atoms with Gasteiger partial charge < -0.3 is 10.1 Å². The Morgan fingerprint density at radius 2 is 2.00 bits per heavy atom. The molecule has 0 heterocycles. The summed E-state index contributed by atoms with van der Waals surface area (Å²) in [7, 11) is 1.27. The van der Waals surface area contributed by atoms with Crippen LogP contribution < -0.4 is 5.32 Å². The molecule has 0 aliphatic rings. The first-order valence-corrected chi connectivity index (χ1v) is 6.86. The van der Waals surface area contributed by atoms with Gasteiger partial charge in [-0.05, 0) is 12.0 Å². The van der Waals surface area contributed by atoms with Gasteiger partial charge in [0.05, 0.1) is 13.2 Å². The molecule has 0 aliphatic heterocycles. The van der Waals surface area contributed by atoms with E-state index in [4.69, 9.17) is 5.26 Å². The number of hydrogen-bond acceptors (Lipinski definition) is 4. The van der Waals surface area contributed by atoms with Crippen LogP contribution in [0.5, 0.6) is 0 Å². The molecule has 5 nitrogen and oxygen atoms in total.